The molecule has 0 spiro atoms. The molecule has 1 heterocycles. The molecule has 0 N–H and O–H groups in total. The maximum atomic E-state index is 2.63. The third kappa shape index (κ3) is 23.4. The van der Waals surface area contributed by atoms with Crippen molar-refractivity contribution in [1.29, 1.82) is 0 Å². The SMILES string of the molecule is CCCCCCCCCCCCCCCn1cc[n+](CCCCCCCCC)c1CCCCCCCCCCCC. The highest BCUT2D eigenvalue weighted by molar-refractivity contribution is 4.84. The van der Waals surface area contributed by atoms with Crippen LogP contribution in [0.25, 0.3) is 0 Å². The monoisotopic (exact) mass is 574 g/mol. The predicted octanol–water partition coefficient (Wildman–Crippen LogP) is 13.1. The summed E-state index contributed by atoms with van der Waals surface area (Å²) in [7, 11) is 0. The highest BCUT2D eigenvalue weighted by Gasteiger charge is 2.16. The van der Waals surface area contributed by atoms with Crippen molar-refractivity contribution in [2.75, 3.05) is 0 Å². The molecule has 2 nitrogen and oxygen atoms in total. The number of aromatic nitrogens is 2. The number of imidazole rings is 1. The van der Waals surface area contributed by atoms with Gasteiger partial charge in [-0.25, -0.2) is 9.13 Å². The Morgan fingerprint density at radius 2 is 0.756 bits per heavy atom. The first-order valence-electron chi connectivity index (χ1n) is 19.4. The molecule has 0 saturated carbocycles. The Bertz CT molecular complexity index is 634. The van der Waals surface area contributed by atoms with E-state index >= 15 is 0 Å². The van der Waals surface area contributed by atoms with Crippen molar-refractivity contribution in [2.24, 2.45) is 0 Å². The first-order valence-corrected chi connectivity index (χ1v) is 19.4. The lowest BCUT2D eigenvalue weighted by Gasteiger charge is -2.07. The fraction of sp³-hybridized carbons (Fsp3) is 0.923. The van der Waals surface area contributed by atoms with Gasteiger partial charge in [0.25, 0.3) is 5.82 Å². The first-order chi connectivity index (χ1) is 20.3. The average Bonchev–Trinajstić information content (AvgIpc) is 3.37. The molecule has 0 atom stereocenters. The standard InChI is InChI=1S/C39H77N2/c1-4-7-10-13-16-18-20-21-22-24-27-30-33-36-41-38-37-40(35-32-29-26-15-12-9-6-3)39(41)34-31-28-25-23-19-17-14-11-8-5-2/h37-38H,4-36H2,1-3H3/q+1. The van der Waals surface area contributed by atoms with Crippen molar-refractivity contribution in [3.05, 3.63) is 18.2 Å². The zero-order chi connectivity index (χ0) is 29.5. The second-order valence-corrected chi connectivity index (χ2v) is 13.4. The Kier molecular flexibility index (Phi) is 28.6. The molecular formula is C39H77N2+. The molecule has 0 saturated heterocycles. The molecule has 0 radical (unpaired) electrons. The highest BCUT2D eigenvalue weighted by Crippen LogP contribution is 2.15. The van der Waals surface area contributed by atoms with Gasteiger partial charge in [-0.15, -0.1) is 0 Å². The fourth-order valence-corrected chi connectivity index (χ4v) is 6.50. The summed E-state index contributed by atoms with van der Waals surface area (Å²) in [5.41, 5.74) is 0. The third-order valence-electron chi connectivity index (χ3n) is 9.35. The Morgan fingerprint density at radius 3 is 1.17 bits per heavy atom. The summed E-state index contributed by atoms with van der Waals surface area (Å²) in [5, 5.41) is 0. The van der Waals surface area contributed by atoms with Gasteiger partial charge < -0.3 is 0 Å². The van der Waals surface area contributed by atoms with Gasteiger partial charge in [0.05, 0.1) is 13.1 Å². The van der Waals surface area contributed by atoms with Gasteiger partial charge in [0.2, 0.25) is 0 Å². The van der Waals surface area contributed by atoms with E-state index in [2.05, 4.69) is 42.3 Å². The lowest BCUT2D eigenvalue weighted by atomic mass is 10.0. The van der Waals surface area contributed by atoms with E-state index in [4.69, 9.17) is 0 Å². The van der Waals surface area contributed by atoms with Crippen molar-refractivity contribution >= 4 is 0 Å². The molecule has 0 aliphatic heterocycles. The van der Waals surface area contributed by atoms with E-state index in [1.165, 1.54) is 212 Å². The largest absolute Gasteiger partial charge is 0.256 e. The Morgan fingerprint density at radius 1 is 0.415 bits per heavy atom. The second-order valence-electron chi connectivity index (χ2n) is 13.4. The summed E-state index contributed by atoms with van der Waals surface area (Å²) >= 11 is 0. The summed E-state index contributed by atoms with van der Waals surface area (Å²) in [6, 6.07) is 0. The molecule has 0 aliphatic rings. The number of aryl methyl sites for hydroxylation is 2. The van der Waals surface area contributed by atoms with E-state index in [0.29, 0.717) is 0 Å². The summed E-state index contributed by atoms with van der Waals surface area (Å²) in [6.45, 7) is 9.40. The van der Waals surface area contributed by atoms with Crippen LogP contribution in [0.3, 0.4) is 0 Å². The molecule has 1 rings (SSSR count). The molecule has 0 aromatic carbocycles. The number of hydrogen-bond acceptors (Lipinski definition) is 0. The van der Waals surface area contributed by atoms with Crippen molar-refractivity contribution < 1.29 is 4.57 Å². The molecule has 242 valence electrons. The normalized spacial score (nSPS) is 11.6. The van der Waals surface area contributed by atoms with Crippen LogP contribution in [0, 0.1) is 0 Å². The summed E-state index contributed by atoms with van der Waals surface area (Å²) < 4.78 is 5.26. The van der Waals surface area contributed by atoms with Gasteiger partial charge >= 0.3 is 0 Å². The number of nitrogens with zero attached hydrogens (tertiary/aromatic N) is 2. The molecule has 1 aromatic rings. The quantitative estimate of drug-likeness (QED) is 0.0584. The molecular weight excluding hydrogens is 496 g/mol. The van der Waals surface area contributed by atoms with Gasteiger partial charge in [-0.05, 0) is 32.1 Å². The van der Waals surface area contributed by atoms with Crippen LogP contribution in [0.1, 0.15) is 219 Å². The molecule has 2 heteroatoms. The van der Waals surface area contributed by atoms with E-state index in [0.717, 1.165) is 0 Å². The Hall–Kier alpha value is -0.790. The van der Waals surface area contributed by atoms with Gasteiger partial charge in [0, 0.05) is 6.42 Å². The Labute approximate surface area is 259 Å². The minimum Gasteiger partial charge on any atom is -0.234 e. The molecule has 0 bridgehead atoms. The maximum absolute atomic E-state index is 2.63. The lowest BCUT2D eigenvalue weighted by Crippen LogP contribution is -2.37. The average molecular weight is 574 g/mol. The fourth-order valence-electron chi connectivity index (χ4n) is 6.50. The smallest absolute Gasteiger partial charge is 0.234 e. The van der Waals surface area contributed by atoms with Crippen LogP contribution in [-0.4, -0.2) is 4.57 Å². The van der Waals surface area contributed by atoms with Gasteiger partial charge in [-0.1, -0.05) is 181 Å². The van der Waals surface area contributed by atoms with E-state index < -0.39 is 0 Å². The van der Waals surface area contributed by atoms with Crippen molar-refractivity contribution in [2.45, 2.75) is 233 Å². The van der Waals surface area contributed by atoms with E-state index in [9.17, 15) is 0 Å². The zero-order valence-electron chi connectivity index (χ0n) is 28.9. The minimum atomic E-state index is 1.23. The third-order valence-corrected chi connectivity index (χ3v) is 9.35. The molecule has 0 unspecified atom stereocenters. The second kappa shape index (κ2) is 30.7. The summed E-state index contributed by atoms with van der Waals surface area (Å²) in [6.07, 6.45) is 48.9. The van der Waals surface area contributed by atoms with E-state index in [1.807, 2.05) is 0 Å². The molecule has 0 fully saturated rings. The van der Waals surface area contributed by atoms with Crippen LogP contribution >= 0.6 is 0 Å². The molecule has 0 aliphatic carbocycles. The highest BCUT2D eigenvalue weighted by atomic mass is 15.1. The van der Waals surface area contributed by atoms with Crippen LogP contribution in [-0.2, 0) is 19.5 Å². The van der Waals surface area contributed by atoms with E-state index in [1.54, 1.807) is 5.82 Å². The molecule has 1 aromatic heterocycles. The minimum absolute atomic E-state index is 1.23. The molecule has 0 amide bonds. The van der Waals surface area contributed by atoms with Gasteiger partial charge in [0.15, 0.2) is 0 Å². The number of hydrogen-bond donors (Lipinski definition) is 0. The van der Waals surface area contributed by atoms with Crippen molar-refractivity contribution in [3.8, 4) is 0 Å². The van der Waals surface area contributed by atoms with Gasteiger partial charge in [0.1, 0.15) is 12.4 Å². The summed E-state index contributed by atoms with van der Waals surface area (Å²) in [5.74, 6) is 1.62. The van der Waals surface area contributed by atoms with Gasteiger partial charge in [-0.2, -0.15) is 0 Å². The van der Waals surface area contributed by atoms with Crippen LogP contribution in [0.15, 0.2) is 12.4 Å². The number of unbranched alkanes of at least 4 members (excludes halogenated alkanes) is 27. The first kappa shape index (κ1) is 38.2. The van der Waals surface area contributed by atoms with Gasteiger partial charge in [-0.3, -0.25) is 0 Å². The van der Waals surface area contributed by atoms with Crippen LogP contribution in [0.5, 0.6) is 0 Å². The summed E-state index contributed by atoms with van der Waals surface area (Å²) in [4.78, 5) is 0. The predicted molar refractivity (Wildman–Crippen MR) is 184 cm³/mol. The van der Waals surface area contributed by atoms with Crippen molar-refractivity contribution in [1.82, 2.24) is 4.57 Å². The van der Waals surface area contributed by atoms with Crippen molar-refractivity contribution in [3.63, 3.8) is 0 Å². The lowest BCUT2D eigenvalue weighted by molar-refractivity contribution is -0.704. The van der Waals surface area contributed by atoms with E-state index in [-0.39, 0.29) is 0 Å². The van der Waals surface area contributed by atoms with Crippen LogP contribution < -0.4 is 4.57 Å². The molecule has 41 heavy (non-hydrogen) atoms. The van der Waals surface area contributed by atoms with Crippen LogP contribution in [0.2, 0.25) is 0 Å². The maximum Gasteiger partial charge on any atom is 0.256 e. The number of rotatable bonds is 33. The van der Waals surface area contributed by atoms with Crippen LogP contribution in [0.4, 0.5) is 0 Å². The topological polar surface area (TPSA) is 8.81 Å². The Balaban J connectivity index is 2.28. The zero-order valence-corrected chi connectivity index (χ0v) is 28.9.